The Labute approximate surface area is 126 Å². The van der Waals surface area contributed by atoms with Gasteiger partial charge in [0.25, 0.3) is 0 Å². The summed E-state index contributed by atoms with van der Waals surface area (Å²) in [6.07, 6.45) is 0.730. The van der Waals surface area contributed by atoms with Crippen molar-refractivity contribution in [3.8, 4) is 11.5 Å². The quantitative estimate of drug-likeness (QED) is 0.846. The third-order valence-electron chi connectivity index (χ3n) is 3.18. The molecule has 1 amide bonds. The largest absolute Gasteiger partial charge is 0.497 e. The van der Waals surface area contributed by atoms with Crippen molar-refractivity contribution in [3.63, 3.8) is 0 Å². The molecule has 0 fully saturated rings. The molecule has 0 aliphatic rings. The molecule has 1 atom stereocenters. The minimum atomic E-state index is -0.225. The average molecular weight is 294 g/mol. The Morgan fingerprint density at radius 2 is 1.95 bits per heavy atom. The van der Waals surface area contributed by atoms with Crippen molar-refractivity contribution in [1.82, 2.24) is 0 Å². The predicted molar refractivity (Wildman–Crippen MR) is 84.8 cm³/mol. The van der Waals surface area contributed by atoms with Crippen molar-refractivity contribution >= 4 is 11.6 Å². The van der Waals surface area contributed by atoms with Crippen LogP contribution >= 0.6 is 0 Å². The van der Waals surface area contributed by atoms with E-state index in [2.05, 4.69) is 26.1 Å². The normalized spacial score (nSPS) is 12.7. The molecule has 3 N–H and O–H groups in total. The van der Waals surface area contributed by atoms with E-state index in [1.165, 1.54) is 0 Å². The number of nitrogens with two attached hydrogens (primary N) is 1. The lowest BCUT2D eigenvalue weighted by molar-refractivity contribution is -0.120. The summed E-state index contributed by atoms with van der Waals surface area (Å²) in [5.41, 5.74) is 6.41. The first-order chi connectivity index (χ1) is 9.80. The number of carbonyl (C=O) groups excluding carboxylic acids is 1. The fraction of sp³-hybridized carbons (Fsp3) is 0.562. The van der Waals surface area contributed by atoms with Crippen LogP contribution < -0.4 is 20.5 Å². The highest BCUT2D eigenvalue weighted by Crippen LogP contribution is 2.30. The Morgan fingerprint density at radius 3 is 2.43 bits per heavy atom. The van der Waals surface area contributed by atoms with Crippen molar-refractivity contribution in [2.45, 2.75) is 27.2 Å². The molecule has 0 saturated carbocycles. The molecule has 118 valence electrons. The summed E-state index contributed by atoms with van der Waals surface area (Å²) in [7, 11) is 3.14. The van der Waals surface area contributed by atoms with Gasteiger partial charge in [0.05, 0.1) is 25.8 Å². The SMILES string of the molecule is COc1ccc(NC(=O)C(CN)CC(C)(C)C)c(OC)c1. The lowest BCUT2D eigenvalue weighted by Gasteiger charge is -2.24. The number of methoxy groups -OCH3 is 2. The fourth-order valence-electron chi connectivity index (χ4n) is 2.16. The maximum atomic E-state index is 12.4. The highest BCUT2D eigenvalue weighted by Gasteiger charge is 2.24. The van der Waals surface area contributed by atoms with E-state index in [1.54, 1.807) is 32.4 Å². The average Bonchev–Trinajstić information content (AvgIpc) is 2.44. The third-order valence-corrected chi connectivity index (χ3v) is 3.18. The molecule has 0 heterocycles. The lowest BCUT2D eigenvalue weighted by atomic mass is 9.84. The zero-order valence-corrected chi connectivity index (χ0v) is 13.5. The molecule has 0 aliphatic heterocycles. The Morgan fingerprint density at radius 1 is 1.29 bits per heavy atom. The Balaban J connectivity index is 2.86. The smallest absolute Gasteiger partial charge is 0.228 e. The predicted octanol–water partition coefficient (Wildman–Crippen LogP) is 2.65. The van der Waals surface area contributed by atoms with Gasteiger partial charge in [-0.1, -0.05) is 20.8 Å². The Hall–Kier alpha value is -1.75. The van der Waals surface area contributed by atoms with Crippen LogP contribution in [-0.2, 0) is 4.79 Å². The molecule has 0 saturated heterocycles. The second kappa shape index (κ2) is 7.31. The van der Waals surface area contributed by atoms with E-state index in [4.69, 9.17) is 15.2 Å². The molecule has 1 aromatic rings. The summed E-state index contributed by atoms with van der Waals surface area (Å²) < 4.78 is 10.4. The van der Waals surface area contributed by atoms with Crippen LogP contribution in [0.15, 0.2) is 18.2 Å². The lowest BCUT2D eigenvalue weighted by Crippen LogP contribution is -2.32. The summed E-state index contributed by atoms with van der Waals surface area (Å²) >= 11 is 0. The van der Waals surface area contributed by atoms with E-state index in [0.717, 1.165) is 6.42 Å². The number of amides is 1. The molecule has 0 bridgehead atoms. The van der Waals surface area contributed by atoms with Gasteiger partial charge >= 0.3 is 0 Å². The van der Waals surface area contributed by atoms with Crippen LogP contribution in [0.4, 0.5) is 5.69 Å². The zero-order valence-electron chi connectivity index (χ0n) is 13.5. The molecule has 0 radical (unpaired) electrons. The maximum Gasteiger partial charge on any atom is 0.228 e. The topological polar surface area (TPSA) is 73.6 Å². The van der Waals surface area contributed by atoms with E-state index in [9.17, 15) is 4.79 Å². The maximum absolute atomic E-state index is 12.4. The molecule has 0 spiro atoms. The number of ether oxygens (including phenoxy) is 2. The summed E-state index contributed by atoms with van der Waals surface area (Å²) in [5, 5.41) is 2.89. The van der Waals surface area contributed by atoms with E-state index in [0.29, 0.717) is 23.7 Å². The van der Waals surface area contributed by atoms with Gasteiger partial charge in [-0.2, -0.15) is 0 Å². The number of anilines is 1. The van der Waals surface area contributed by atoms with Gasteiger partial charge in [0.1, 0.15) is 11.5 Å². The molecule has 0 aliphatic carbocycles. The summed E-state index contributed by atoms with van der Waals surface area (Å²) in [6, 6.07) is 5.27. The van der Waals surface area contributed by atoms with Gasteiger partial charge in [-0.25, -0.2) is 0 Å². The minimum absolute atomic E-state index is 0.0470. The first-order valence-corrected chi connectivity index (χ1v) is 7.03. The van der Waals surface area contributed by atoms with Crippen LogP contribution in [0, 0.1) is 11.3 Å². The third kappa shape index (κ3) is 5.27. The number of carbonyl (C=O) groups is 1. The highest BCUT2D eigenvalue weighted by atomic mass is 16.5. The van der Waals surface area contributed by atoms with Crippen LogP contribution in [0.2, 0.25) is 0 Å². The molecule has 1 unspecified atom stereocenters. The van der Waals surface area contributed by atoms with Gasteiger partial charge in [0.2, 0.25) is 5.91 Å². The van der Waals surface area contributed by atoms with Crippen molar-refractivity contribution in [3.05, 3.63) is 18.2 Å². The number of hydrogen-bond acceptors (Lipinski definition) is 4. The number of nitrogens with one attached hydrogen (secondary N) is 1. The van der Waals surface area contributed by atoms with Gasteiger partial charge in [0.15, 0.2) is 0 Å². The van der Waals surface area contributed by atoms with Crippen molar-refractivity contribution in [2.75, 3.05) is 26.1 Å². The first kappa shape index (κ1) is 17.3. The number of hydrogen-bond donors (Lipinski definition) is 2. The van der Waals surface area contributed by atoms with Crippen molar-refractivity contribution < 1.29 is 14.3 Å². The van der Waals surface area contributed by atoms with Gasteiger partial charge in [0, 0.05) is 12.6 Å². The monoisotopic (exact) mass is 294 g/mol. The molecule has 21 heavy (non-hydrogen) atoms. The summed E-state index contributed by atoms with van der Waals surface area (Å²) in [5.74, 6) is 0.928. The zero-order chi connectivity index (χ0) is 16.0. The van der Waals surface area contributed by atoms with E-state index >= 15 is 0 Å². The molecular weight excluding hydrogens is 268 g/mol. The van der Waals surface area contributed by atoms with E-state index in [-0.39, 0.29) is 17.2 Å². The fourth-order valence-corrected chi connectivity index (χ4v) is 2.16. The highest BCUT2D eigenvalue weighted by molar-refractivity contribution is 5.94. The number of benzene rings is 1. The van der Waals surface area contributed by atoms with Crippen molar-refractivity contribution in [2.24, 2.45) is 17.1 Å². The molecule has 1 aromatic carbocycles. The number of rotatable bonds is 6. The Kier molecular flexibility index (Phi) is 6.03. The van der Waals surface area contributed by atoms with Crippen LogP contribution in [0.1, 0.15) is 27.2 Å². The molecule has 5 nitrogen and oxygen atoms in total. The van der Waals surface area contributed by atoms with E-state index in [1.807, 2.05) is 0 Å². The molecule has 0 aromatic heterocycles. The summed E-state index contributed by atoms with van der Waals surface area (Å²) in [4.78, 5) is 12.4. The standard InChI is InChI=1S/C16H26N2O3/c1-16(2,3)9-11(10-17)15(19)18-13-7-6-12(20-4)8-14(13)21-5/h6-8,11H,9-10,17H2,1-5H3,(H,18,19). The first-order valence-electron chi connectivity index (χ1n) is 7.03. The van der Waals surface area contributed by atoms with Crippen LogP contribution in [0.5, 0.6) is 11.5 Å². The van der Waals surface area contributed by atoms with Gasteiger partial charge in [-0.05, 0) is 24.0 Å². The van der Waals surface area contributed by atoms with E-state index < -0.39 is 0 Å². The van der Waals surface area contributed by atoms with Crippen LogP contribution in [0.3, 0.4) is 0 Å². The second-order valence-corrected chi connectivity index (χ2v) is 6.25. The van der Waals surface area contributed by atoms with Gasteiger partial charge < -0.3 is 20.5 Å². The second-order valence-electron chi connectivity index (χ2n) is 6.25. The molecule has 1 rings (SSSR count). The molecular formula is C16H26N2O3. The van der Waals surface area contributed by atoms with Crippen LogP contribution in [-0.4, -0.2) is 26.7 Å². The van der Waals surface area contributed by atoms with Crippen molar-refractivity contribution in [1.29, 1.82) is 0 Å². The van der Waals surface area contributed by atoms with Crippen LogP contribution in [0.25, 0.3) is 0 Å². The van der Waals surface area contributed by atoms with Gasteiger partial charge in [-0.3, -0.25) is 4.79 Å². The molecule has 5 heteroatoms. The van der Waals surface area contributed by atoms with Gasteiger partial charge in [-0.15, -0.1) is 0 Å². The summed E-state index contributed by atoms with van der Waals surface area (Å²) in [6.45, 7) is 6.60. The Bertz CT molecular complexity index is 481. The minimum Gasteiger partial charge on any atom is -0.497 e.